The minimum atomic E-state index is 0.126. The van der Waals surface area contributed by atoms with Crippen LogP contribution in [0.25, 0.3) is 11.3 Å². The molecule has 0 saturated heterocycles. The number of carbonyl (C=O) groups excluding carboxylic acids is 1. The minimum Gasteiger partial charge on any atom is -0.375 e. The smallest absolute Gasteiger partial charge is 0.227 e. The summed E-state index contributed by atoms with van der Waals surface area (Å²) in [6.45, 7) is 0. The molecule has 1 heterocycles. The van der Waals surface area contributed by atoms with E-state index in [1.54, 1.807) is 0 Å². The molecular weight excluding hydrogens is 246 g/mol. The third kappa shape index (κ3) is 2.36. The summed E-state index contributed by atoms with van der Waals surface area (Å²) in [6, 6.07) is 7.67. The quantitative estimate of drug-likeness (QED) is 0.890. The fourth-order valence-corrected chi connectivity index (χ4v) is 2.31. The Morgan fingerprint density at radius 2 is 2.06 bits per heavy atom. The summed E-state index contributed by atoms with van der Waals surface area (Å²) in [5.41, 5.74) is 8.31. The van der Waals surface area contributed by atoms with Gasteiger partial charge in [0.2, 0.25) is 5.91 Å². The number of nitrogens with two attached hydrogens (primary N) is 1. The van der Waals surface area contributed by atoms with Gasteiger partial charge in [-0.2, -0.15) is 0 Å². The first-order chi connectivity index (χ1) is 8.72. The maximum Gasteiger partial charge on any atom is 0.227 e. The van der Waals surface area contributed by atoms with Crippen LogP contribution in [0.5, 0.6) is 0 Å². The number of hydrogen-bond donors (Lipinski definition) is 2. The second kappa shape index (κ2) is 4.42. The lowest BCUT2D eigenvalue weighted by molar-refractivity contribution is -0.117. The van der Waals surface area contributed by atoms with Crippen LogP contribution in [0.4, 0.5) is 10.8 Å². The Morgan fingerprint density at radius 1 is 1.33 bits per heavy atom. The van der Waals surface area contributed by atoms with Gasteiger partial charge in [-0.1, -0.05) is 12.1 Å². The zero-order valence-electron chi connectivity index (χ0n) is 9.72. The highest BCUT2D eigenvalue weighted by atomic mass is 32.1. The molecule has 3 rings (SSSR count). The van der Waals surface area contributed by atoms with Crippen LogP contribution in [-0.2, 0) is 4.79 Å². The predicted octanol–water partition coefficient (Wildman–Crippen LogP) is 2.74. The van der Waals surface area contributed by atoms with Crippen molar-refractivity contribution >= 4 is 28.1 Å². The number of benzene rings is 1. The van der Waals surface area contributed by atoms with Crippen LogP contribution in [0.15, 0.2) is 29.6 Å². The largest absolute Gasteiger partial charge is 0.375 e. The summed E-state index contributed by atoms with van der Waals surface area (Å²) < 4.78 is 0. The Morgan fingerprint density at radius 3 is 2.61 bits per heavy atom. The van der Waals surface area contributed by atoms with E-state index in [1.807, 2.05) is 29.6 Å². The van der Waals surface area contributed by atoms with Crippen LogP contribution in [0.2, 0.25) is 0 Å². The molecule has 3 N–H and O–H groups in total. The van der Waals surface area contributed by atoms with Gasteiger partial charge in [-0.25, -0.2) is 4.98 Å². The molecule has 0 unspecified atom stereocenters. The molecule has 18 heavy (non-hydrogen) atoms. The zero-order chi connectivity index (χ0) is 12.5. The van der Waals surface area contributed by atoms with E-state index in [1.165, 1.54) is 11.3 Å². The van der Waals surface area contributed by atoms with Crippen molar-refractivity contribution in [1.82, 2.24) is 4.98 Å². The molecule has 1 saturated carbocycles. The van der Waals surface area contributed by atoms with Crippen molar-refractivity contribution in [2.24, 2.45) is 5.92 Å². The number of thiazole rings is 1. The third-order valence-corrected chi connectivity index (χ3v) is 3.59. The summed E-state index contributed by atoms with van der Waals surface area (Å²) in [5.74, 6) is 0.351. The third-order valence-electron chi connectivity index (χ3n) is 2.92. The van der Waals surface area contributed by atoms with Gasteiger partial charge in [0.15, 0.2) is 5.13 Å². The van der Waals surface area contributed by atoms with E-state index < -0.39 is 0 Å². The highest BCUT2D eigenvalue weighted by Gasteiger charge is 2.29. The molecule has 1 aromatic heterocycles. The van der Waals surface area contributed by atoms with Gasteiger partial charge >= 0.3 is 0 Å². The van der Waals surface area contributed by atoms with Crippen LogP contribution in [0, 0.1) is 5.92 Å². The zero-order valence-corrected chi connectivity index (χ0v) is 10.5. The molecule has 1 fully saturated rings. The van der Waals surface area contributed by atoms with Crippen LogP contribution >= 0.6 is 11.3 Å². The molecule has 92 valence electrons. The average Bonchev–Trinajstić information content (AvgIpc) is 3.13. The molecule has 4 nitrogen and oxygen atoms in total. The maximum absolute atomic E-state index is 11.6. The van der Waals surface area contributed by atoms with Gasteiger partial charge in [0.05, 0.1) is 5.69 Å². The van der Waals surface area contributed by atoms with Gasteiger partial charge < -0.3 is 11.1 Å². The number of carbonyl (C=O) groups is 1. The number of amides is 1. The first-order valence-corrected chi connectivity index (χ1v) is 6.72. The van der Waals surface area contributed by atoms with Gasteiger partial charge in [-0.15, -0.1) is 11.3 Å². The monoisotopic (exact) mass is 259 g/mol. The van der Waals surface area contributed by atoms with Crippen molar-refractivity contribution in [2.45, 2.75) is 12.8 Å². The first kappa shape index (κ1) is 11.2. The second-order valence-corrected chi connectivity index (χ2v) is 5.30. The van der Waals surface area contributed by atoms with E-state index in [9.17, 15) is 4.79 Å². The van der Waals surface area contributed by atoms with Crippen molar-refractivity contribution in [2.75, 3.05) is 11.1 Å². The molecule has 5 heteroatoms. The summed E-state index contributed by atoms with van der Waals surface area (Å²) in [6.07, 6.45) is 2.03. The summed E-state index contributed by atoms with van der Waals surface area (Å²) in [4.78, 5) is 15.8. The fraction of sp³-hybridized carbons (Fsp3) is 0.231. The summed E-state index contributed by atoms with van der Waals surface area (Å²) in [7, 11) is 0. The van der Waals surface area contributed by atoms with Gasteiger partial charge in [-0.05, 0) is 25.0 Å². The van der Waals surface area contributed by atoms with Crippen molar-refractivity contribution in [3.05, 3.63) is 29.6 Å². The Bertz CT molecular complexity index is 572. The first-order valence-electron chi connectivity index (χ1n) is 5.85. The van der Waals surface area contributed by atoms with Gasteiger partial charge in [0, 0.05) is 22.5 Å². The lowest BCUT2D eigenvalue weighted by Gasteiger charge is -2.04. The molecule has 2 aromatic rings. The molecule has 0 atom stereocenters. The lowest BCUT2D eigenvalue weighted by Crippen LogP contribution is -2.12. The van der Waals surface area contributed by atoms with E-state index in [4.69, 9.17) is 5.73 Å². The molecule has 1 aromatic carbocycles. The molecule has 0 bridgehead atoms. The van der Waals surface area contributed by atoms with E-state index in [0.717, 1.165) is 29.8 Å². The Balaban J connectivity index is 1.74. The number of nitrogen functional groups attached to an aromatic ring is 1. The van der Waals surface area contributed by atoms with Crippen LogP contribution in [0.3, 0.4) is 0 Å². The van der Waals surface area contributed by atoms with Gasteiger partial charge in [0.25, 0.3) is 0 Å². The SMILES string of the molecule is Nc1nc(-c2ccc(NC(=O)C3CC3)cc2)cs1. The van der Waals surface area contributed by atoms with Crippen molar-refractivity contribution in [3.63, 3.8) is 0 Å². The van der Waals surface area contributed by atoms with E-state index >= 15 is 0 Å². The molecule has 0 aliphatic heterocycles. The number of nitrogens with zero attached hydrogens (tertiary/aromatic N) is 1. The van der Waals surface area contributed by atoms with Crippen molar-refractivity contribution in [3.8, 4) is 11.3 Å². The Kier molecular flexibility index (Phi) is 2.76. The Labute approximate surface area is 109 Å². The normalized spacial score (nSPS) is 14.4. The molecule has 0 spiro atoms. The summed E-state index contributed by atoms with van der Waals surface area (Å²) >= 11 is 1.42. The highest BCUT2D eigenvalue weighted by Crippen LogP contribution is 2.30. The van der Waals surface area contributed by atoms with Crippen LogP contribution in [-0.4, -0.2) is 10.9 Å². The maximum atomic E-state index is 11.6. The van der Waals surface area contributed by atoms with Crippen molar-refractivity contribution < 1.29 is 4.79 Å². The van der Waals surface area contributed by atoms with E-state index in [-0.39, 0.29) is 11.8 Å². The number of hydrogen-bond acceptors (Lipinski definition) is 4. The molecule has 0 radical (unpaired) electrons. The molecule has 1 aliphatic carbocycles. The molecule has 1 aliphatic rings. The molecular formula is C13H13N3OS. The topological polar surface area (TPSA) is 68.0 Å². The number of rotatable bonds is 3. The fourth-order valence-electron chi connectivity index (χ4n) is 1.73. The van der Waals surface area contributed by atoms with E-state index in [0.29, 0.717) is 5.13 Å². The highest BCUT2D eigenvalue weighted by molar-refractivity contribution is 7.13. The second-order valence-electron chi connectivity index (χ2n) is 4.41. The Hall–Kier alpha value is -1.88. The minimum absolute atomic E-state index is 0.126. The number of aromatic nitrogens is 1. The number of anilines is 2. The lowest BCUT2D eigenvalue weighted by atomic mass is 10.1. The van der Waals surface area contributed by atoms with Crippen molar-refractivity contribution in [1.29, 1.82) is 0 Å². The standard InChI is InChI=1S/C13H13N3OS/c14-13-16-11(7-18-13)8-3-5-10(6-4-8)15-12(17)9-1-2-9/h3-7,9H,1-2H2,(H2,14,16)(H,15,17). The molecule has 1 amide bonds. The van der Waals surface area contributed by atoms with Crippen LogP contribution < -0.4 is 11.1 Å². The predicted molar refractivity (Wildman–Crippen MR) is 73.3 cm³/mol. The number of nitrogens with one attached hydrogen (secondary N) is 1. The van der Waals surface area contributed by atoms with Gasteiger partial charge in [0.1, 0.15) is 0 Å². The van der Waals surface area contributed by atoms with Crippen LogP contribution in [0.1, 0.15) is 12.8 Å². The average molecular weight is 259 g/mol. The summed E-state index contributed by atoms with van der Waals surface area (Å²) in [5, 5.41) is 5.40. The van der Waals surface area contributed by atoms with Gasteiger partial charge in [-0.3, -0.25) is 4.79 Å². The van der Waals surface area contributed by atoms with E-state index in [2.05, 4.69) is 10.3 Å².